The molecule has 1 aromatic heterocycles. The van der Waals surface area contributed by atoms with E-state index in [0.717, 1.165) is 28.1 Å². The van der Waals surface area contributed by atoms with Crippen LogP contribution in [0.1, 0.15) is 53.6 Å². The van der Waals surface area contributed by atoms with Gasteiger partial charge >= 0.3 is 6.09 Å². The molecule has 0 aliphatic carbocycles. The lowest BCUT2D eigenvalue weighted by Gasteiger charge is -2.29. The van der Waals surface area contributed by atoms with Crippen LogP contribution in [0, 0.1) is 13.8 Å². The number of nitrogens with zero attached hydrogens (tertiary/aromatic N) is 3. The Bertz CT molecular complexity index is 904. The maximum absolute atomic E-state index is 13.0. The number of aromatic nitrogens is 2. The van der Waals surface area contributed by atoms with Gasteiger partial charge in [0, 0.05) is 31.3 Å². The summed E-state index contributed by atoms with van der Waals surface area (Å²) < 4.78 is 7.08. The molecule has 1 aromatic carbocycles. The van der Waals surface area contributed by atoms with Crippen LogP contribution in [0.25, 0.3) is 0 Å². The van der Waals surface area contributed by atoms with E-state index < -0.39 is 5.60 Å². The third kappa shape index (κ3) is 4.35. The fourth-order valence-electron chi connectivity index (χ4n) is 3.50. The van der Waals surface area contributed by atoms with Gasteiger partial charge in [-0.25, -0.2) is 4.79 Å². The number of rotatable bonds is 2. The molecule has 0 radical (unpaired) electrons. The molecule has 7 heteroatoms. The maximum atomic E-state index is 13.0. The molecule has 0 unspecified atom stereocenters. The summed E-state index contributed by atoms with van der Waals surface area (Å²) in [5, 5.41) is 7.46. The minimum atomic E-state index is -0.560. The highest BCUT2D eigenvalue weighted by Gasteiger charge is 2.31. The minimum absolute atomic E-state index is 0.229. The number of nitrogens with one attached hydrogen (secondary N) is 1. The fraction of sp³-hybridized carbons (Fsp3) is 0.476. The number of aryl methyl sites for hydroxylation is 3. The van der Waals surface area contributed by atoms with Gasteiger partial charge in [0.15, 0.2) is 0 Å². The lowest BCUT2D eigenvalue weighted by Crippen LogP contribution is -2.40. The quantitative estimate of drug-likeness (QED) is 0.859. The van der Waals surface area contributed by atoms with E-state index in [1.54, 1.807) is 16.6 Å². The number of hydrogen-bond donors (Lipinski definition) is 1. The lowest BCUT2D eigenvalue weighted by atomic mass is 10.0. The molecule has 0 bridgehead atoms. The molecular formula is C21H28N4O3. The molecule has 0 saturated carbocycles. The molecule has 150 valence electrons. The SMILES string of the molecule is Cc1cc(C)cc(NC(=O)c2c3c(nn2C)CCN(C(=O)OC(C)(C)C)C3)c1. The van der Waals surface area contributed by atoms with E-state index in [4.69, 9.17) is 4.74 Å². The van der Waals surface area contributed by atoms with Crippen molar-refractivity contribution in [2.75, 3.05) is 11.9 Å². The van der Waals surface area contributed by atoms with Gasteiger partial charge in [-0.3, -0.25) is 9.48 Å². The first-order valence-electron chi connectivity index (χ1n) is 9.46. The third-order valence-electron chi connectivity index (χ3n) is 4.54. The molecule has 1 N–H and O–H groups in total. The van der Waals surface area contributed by atoms with Crippen molar-refractivity contribution in [3.05, 3.63) is 46.3 Å². The molecule has 1 aliphatic heterocycles. The predicted molar refractivity (Wildman–Crippen MR) is 107 cm³/mol. The van der Waals surface area contributed by atoms with Gasteiger partial charge in [-0.2, -0.15) is 5.10 Å². The van der Waals surface area contributed by atoms with Crippen LogP contribution in [0.3, 0.4) is 0 Å². The van der Waals surface area contributed by atoms with Crippen molar-refractivity contribution >= 4 is 17.7 Å². The topological polar surface area (TPSA) is 76.5 Å². The smallest absolute Gasteiger partial charge is 0.410 e. The van der Waals surface area contributed by atoms with Gasteiger partial charge < -0.3 is 15.0 Å². The fourth-order valence-corrected chi connectivity index (χ4v) is 3.50. The highest BCUT2D eigenvalue weighted by atomic mass is 16.6. The van der Waals surface area contributed by atoms with Crippen molar-refractivity contribution in [2.45, 2.75) is 53.2 Å². The predicted octanol–water partition coefficient (Wildman–Crippen LogP) is 3.58. The Morgan fingerprint density at radius 3 is 2.39 bits per heavy atom. The summed E-state index contributed by atoms with van der Waals surface area (Å²) in [6.07, 6.45) is 0.224. The van der Waals surface area contributed by atoms with E-state index >= 15 is 0 Å². The zero-order valence-electron chi connectivity index (χ0n) is 17.4. The standard InChI is InChI=1S/C21H28N4O3/c1-13-9-14(2)11-15(10-13)22-19(26)18-16-12-25(20(27)28-21(3,4)5)8-7-17(16)23-24(18)6/h9-11H,7-8,12H2,1-6H3,(H,22,26). The number of carbonyl (C=O) groups excluding carboxylic acids is 2. The summed E-state index contributed by atoms with van der Waals surface area (Å²) in [7, 11) is 1.76. The van der Waals surface area contributed by atoms with E-state index in [2.05, 4.69) is 16.5 Å². The summed E-state index contributed by atoms with van der Waals surface area (Å²) >= 11 is 0. The minimum Gasteiger partial charge on any atom is -0.444 e. The second kappa shape index (κ2) is 7.30. The van der Waals surface area contributed by atoms with Gasteiger partial charge in [0.2, 0.25) is 0 Å². The number of hydrogen-bond acceptors (Lipinski definition) is 4. The van der Waals surface area contributed by atoms with Crippen molar-refractivity contribution in [1.82, 2.24) is 14.7 Å². The molecule has 0 spiro atoms. The molecule has 2 heterocycles. The van der Waals surface area contributed by atoms with Crippen LogP contribution in [0.15, 0.2) is 18.2 Å². The number of carbonyl (C=O) groups is 2. The molecule has 2 amide bonds. The average Bonchev–Trinajstić information content (AvgIpc) is 2.87. The van der Waals surface area contributed by atoms with Crippen LogP contribution >= 0.6 is 0 Å². The largest absolute Gasteiger partial charge is 0.444 e. The Morgan fingerprint density at radius 1 is 1.14 bits per heavy atom. The molecule has 0 atom stereocenters. The normalized spacial score (nSPS) is 13.9. The Hall–Kier alpha value is -2.83. The molecule has 0 fully saturated rings. The number of benzene rings is 1. The zero-order chi connectivity index (χ0) is 20.6. The van der Waals surface area contributed by atoms with Crippen LogP contribution in [0.5, 0.6) is 0 Å². The van der Waals surface area contributed by atoms with Crippen LogP contribution < -0.4 is 5.32 Å². The first-order valence-corrected chi connectivity index (χ1v) is 9.46. The third-order valence-corrected chi connectivity index (χ3v) is 4.54. The van der Waals surface area contributed by atoms with Crippen molar-refractivity contribution in [1.29, 1.82) is 0 Å². The first kappa shape index (κ1) is 19.9. The molecule has 7 nitrogen and oxygen atoms in total. The van der Waals surface area contributed by atoms with Crippen molar-refractivity contribution < 1.29 is 14.3 Å². The summed E-state index contributed by atoms with van der Waals surface area (Å²) in [6.45, 7) is 10.3. The second-order valence-electron chi connectivity index (χ2n) is 8.38. The van der Waals surface area contributed by atoms with Gasteiger partial charge in [-0.05, 0) is 57.9 Å². The number of amides is 2. The molecular weight excluding hydrogens is 356 g/mol. The number of ether oxygens (including phenoxy) is 1. The van der Waals surface area contributed by atoms with Gasteiger partial charge in [-0.1, -0.05) is 6.07 Å². The van der Waals surface area contributed by atoms with Gasteiger partial charge in [-0.15, -0.1) is 0 Å². The monoisotopic (exact) mass is 384 g/mol. The zero-order valence-corrected chi connectivity index (χ0v) is 17.4. The first-order chi connectivity index (χ1) is 13.0. The van der Waals surface area contributed by atoms with Crippen LogP contribution in [0.4, 0.5) is 10.5 Å². The van der Waals surface area contributed by atoms with Crippen molar-refractivity contribution in [3.63, 3.8) is 0 Å². The van der Waals surface area contributed by atoms with E-state index in [1.165, 1.54) is 0 Å². The van der Waals surface area contributed by atoms with Crippen LogP contribution in [-0.4, -0.2) is 38.8 Å². The Balaban J connectivity index is 1.83. The van der Waals surface area contributed by atoms with E-state index in [-0.39, 0.29) is 12.0 Å². The highest BCUT2D eigenvalue weighted by Crippen LogP contribution is 2.25. The second-order valence-corrected chi connectivity index (χ2v) is 8.38. The number of anilines is 1. The molecule has 0 saturated heterocycles. The number of fused-ring (bicyclic) bond motifs is 1. The summed E-state index contributed by atoms with van der Waals surface area (Å²) in [5.74, 6) is -0.229. The van der Waals surface area contributed by atoms with Crippen LogP contribution in [-0.2, 0) is 24.8 Å². The van der Waals surface area contributed by atoms with E-state index in [0.29, 0.717) is 25.2 Å². The molecule has 2 aromatic rings. The molecule has 1 aliphatic rings. The Labute approximate surface area is 165 Å². The van der Waals surface area contributed by atoms with E-state index in [1.807, 2.05) is 46.8 Å². The van der Waals surface area contributed by atoms with Crippen molar-refractivity contribution in [3.8, 4) is 0 Å². The maximum Gasteiger partial charge on any atom is 0.410 e. The van der Waals surface area contributed by atoms with Gasteiger partial charge in [0.1, 0.15) is 11.3 Å². The Morgan fingerprint density at radius 2 is 1.79 bits per heavy atom. The summed E-state index contributed by atoms with van der Waals surface area (Å²) in [5.41, 5.74) is 4.46. The van der Waals surface area contributed by atoms with Crippen molar-refractivity contribution in [2.24, 2.45) is 7.05 Å². The van der Waals surface area contributed by atoms with E-state index in [9.17, 15) is 9.59 Å². The van der Waals surface area contributed by atoms with Crippen LogP contribution in [0.2, 0.25) is 0 Å². The molecule has 3 rings (SSSR count). The Kier molecular flexibility index (Phi) is 5.19. The summed E-state index contributed by atoms with van der Waals surface area (Å²) in [6, 6.07) is 5.92. The average molecular weight is 384 g/mol. The van der Waals surface area contributed by atoms with Gasteiger partial charge in [0.25, 0.3) is 5.91 Å². The summed E-state index contributed by atoms with van der Waals surface area (Å²) in [4.78, 5) is 27.1. The molecule has 28 heavy (non-hydrogen) atoms. The highest BCUT2D eigenvalue weighted by molar-refractivity contribution is 6.04. The lowest BCUT2D eigenvalue weighted by molar-refractivity contribution is 0.0222. The van der Waals surface area contributed by atoms with Gasteiger partial charge in [0.05, 0.1) is 12.2 Å².